The van der Waals surface area contributed by atoms with Gasteiger partial charge in [0.05, 0.1) is 32.8 Å². The van der Waals surface area contributed by atoms with Gasteiger partial charge in [-0.3, -0.25) is 4.79 Å². The van der Waals surface area contributed by atoms with E-state index in [2.05, 4.69) is 17.1 Å². The second kappa shape index (κ2) is 10.1. The molecule has 0 aliphatic carbocycles. The largest absolute Gasteiger partial charge is 0.493 e. The molecule has 0 saturated heterocycles. The maximum Gasteiger partial charge on any atom is 0.258 e. The van der Waals surface area contributed by atoms with Gasteiger partial charge in [0.1, 0.15) is 17.4 Å². The Labute approximate surface area is 226 Å². The first-order valence-corrected chi connectivity index (χ1v) is 12.5. The Morgan fingerprint density at radius 2 is 1.77 bits per heavy atom. The first-order valence-electron chi connectivity index (χ1n) is 12.5. The number of aryl methyl sites for hydroxylation is 3. The van der Waals surface area contributed by atoms with E-state index in [0.29, 0.717) is 47.1 Å². The minimum Gasteiger partial charge on any atom is -0.493 e. The van der Waals surface area contributed by atoms with Crippen molar-refractivity contribution in [3.05, 3.63) is 92.4 Å². The summed E-state index contributed by atoms with van der Waals surface area (Å²) >= 11 is 0. The Kier molecular flexibility index (Phi) is 6.71. The van der Waals surface area contributed by atoms with Gasteiger partial charge in [-0.05, 0) is 49.6 Å². The number of H-pyrrole nitrogens is 1. The fourth-order valence-corrected chi connectivity index (χ4v) is 5.45. The number of allylic oxidation sites excluding steroid dienone is 1. The predicted octanol–water partition coefficient (Wildman–Crippen LogP) is 4.43. The molecule has 1 aliphatic heterocycles. The van der Waals surface area contributed by atoms with Crippen LogP contribution in [-0.2, 0) is 13.0 Å². The minimum atomic E-state index is -0.790. The Hall–Kier alpha value is -4.84. The van der Waals surface area contributed by atoms with Crippen LogP contribution in [0, 0.1) is 25.2 Å². The van der Waals surface area contributed by atoms with Gasteiger partial charge in [-0.1, -0.05) is 18.2 Å². The minimum absolute atomic E-state index is 0.0466. The predicted molar refractivity (Wildman–Crippen MR) is 148 cm³/mol. The zero-order valence-corrected chi connectivity index (χ0v) is 22.5. The van der Waals surface area contributed by atoms with Crippen molar-refractivity contribution in [2.45, 2.75) is 32.7 Å². The quantitative estimate of drug-likeness (QED) is 0.365. The summed E-state index contributed by atoms with van der Waals surface area (Å²) in [6, 6.07) is 15.5. The smallest absolute Gasteiger partial charge is 0.258 e. The number of aromatic amines is 1. The lowest BCUT2D eigenvalue weighted by atomic mass is 9.83. The van der Waals surface area contributed by atoms with Crippen LogP contribution in [-0.4, -0.2) is 30.9 Å². The van der Waals surface area contributed by atoms with Crippen LogP contribution in [0.4, 0.5) is 0 Å². The normalized spacial score (nSPS) is 14.5. The molecule has 3 N–H and O–H groups in total. The second-order valence-electron chi connectivity index (χ2n) is 9.43. The van der Waals surface area contributed by atoms with Gasteiger partial charge in [-0.25, -0.2) is 0 Å². The molecule has 0 spiro atoms. The first-order chi connectivity index (χ1) is 18.8. The van der Waals surface area contributed by atoms with E-state index in [1.807, 2.05) is 32.0 Å². The summed E-state index contributed by atoms with van der Waals surface area (Å²) in [5.41, 5.74) is 11.0. The summed E-state index contributed by atoms with van der Waals surface area (Å²) in [5, 5.41) is 11.2. The lowest BCUT2D eigenvalue weighted by molar-refractivity contribution is 0.323. The highest BCUT2D eigenvalue weighted by molar-refractivity contribution is 5.84. The number of pyridine rings is 1. The number of aromatic nitrogens is 2. The van der Waals surface area contributed by atoms with Gasteiger partial charge in [0.25, 0.3) is 5.56 Å². The molecular formula is C30H30N4O5. The number of nitrogens with two attached hydrogens (primary N) is 1. The topological polar surface area (TPSA) is 125 Å². The van der Waals surface area contributed by atoms with Gasteiger partial charge >= 0.3 is 0 Å². The highest BCUT2D eigenvalue weighted by atomic mass is 16.5. The summed E-state index contributed by atoms with van der Waals surface area (Å²) in [4.78, 5) is 17.6. The summed E-state index contributed by atoms with van der Waals surface area (Å²) in [6.07, 6.45) is 0.647. The van der Waals surface area contributed by atoms with E-state index in [0.717, 1.165) is 27.9 Å². The molecule has 200 valence electrons. The van der Waals surface area contributed by atoms with Crippen LogP contribution in [0.25, 0.3) is 10.9 Å². The van der Waals surface area contributed by atoms with Gasteiger partial charge < -0.3 is 34.2 Å². The van der Waals surface area contributed by atoms with Crippen LogP contribution in [0.5, 0.6) is 23.0 Å². The zero-order chi connectivity index (χ0) is 27.8. The van der Waals surface area contributed by atoms with Crippen LogP contribution < -0.4 is 30.2 Å². The SMILES string of the molecule is COc1cc(C2C(C#N)=C(N)Oc3cc(C)n(CCc4c(C)[nH]c5ccccc45)c(=O)c32)cc(OC)c1OC. The molecule has 1 unspecified atom stereocenters. The third-order valence-electron chi connectivity index (χ3n) is 7.32. The fraction of sp³-hybridized carbons (Fsp3) is 0.267. The Bertz CT molecular complexity index is 1700. The van der Waals surface area contributed by atoms with E-state index in [1.165, 1.54) is 21.3 Å². The molecule has 1 atom stereocenters. The third-order valence-corrected chi connectivity index (χ3v) is 7.32. The summed E-state index contributed by atoms with van der Waals surface area (Å²) < 4.78 is 24.1. The summed E-state index contributed by atoms with van der Waals surface area (Å²) in [7, 11) is 4.54. The van der Waals surface area contributed by atoms with E-state index in [-0.39, 0.29) is 17.0 Å². The molecule has 39 heavy (non-hydrogen) atoms. The van der Waals surface area contributed by atoms with Gasteiger partial charge in [-0.15, -0.1) is 0 Å². The molecule has 0 saturated carbocycles. The fourth-order valence-electron chi connectivity index (χ4n) is 5.45. The summed E-state index contributed by atoms with van der Waals surface area (Å²) in [5.74, 6) is 0.696. The lowest BCUT2D eigenvalue weighted by Gasteiger charge is -2.28. The monoisotopic (exact) mass is 526 g/mol. The molecule has 0 radical (unpaired) electrons. The number of nitriles is 1. The van der Waals surface area contributed by atoms with Gasteiger partial charge in [0, 0.05) is 34.9 Å². The molecule has 3 heterocycles. The van der Waals surface area contributed by atoms with Crippen molar-refractivity contribution >= 4 is 10.9 Å². The Morgan fingerprint density at radius 3 is 2.41 bits per heavy atom. The molecule has 5 rings (SSSR count). The van der Waals surface area contributed by atoms with Crippen LogP contribution in [0.3, 0.4) is 0 Å². The number of para-hydroxylation sites is 1. The molecule has 2 aromatic heterocycles. The maximum absolute atomic E-state index is 14.1. The van der Waals surface area contributed by atoms with E-state index in [4.69, 9.17) is 24.7 Å². The van der Waals surface area contributed by atoms with Crippen LogP contribution in [0.1, 0.15) is 34.0 Å². The number of benzene rings is 2. The average molecular weight is 527 g/mol. The summed E-state index contributed by atoms with van der Waals surface area (Å²) in [6.45, 7) is 4.35. The molecule has 1 aliphatic rings. The highest BCUT2D eigenvalue weighted by Gasteiger charge is 2.35. The Balaban J connectivity index is 1.65. The van der Waals surface area contributed by atoms with Crippen molar-refractivity contribution in [2.75, 3.05) is 21.3 Å². The number of nitrogens with zero attached hydrogens (tertiary/aromatic N) is 2. The maximum atomic E-state index is 14.1. The molecule has 0 fully saturated rings. The number of hydrogen-bond acceptors (Lipinski definition) is 7. The molecule has 0 bridgehead atoms. The van der Waals surface area contributed by atoms with Gasteiger partial charge in [0.15, 0.2) is 11.5 Å². The number of rotatable bonds is 7. The number of nitrogens with one attached hydrogen (secondary N) is 1. The third kappa shape index (κ3) is 4.24. The van der Waals surface area contributed by atoms with Crippen molar-refractivity contribution in [1.82, 2.24) is 9.55 Å². The van der Waals surface area contributed by atoms with E-state index in [1.54, 1.807) is 22.8 Å². The van der Waals surface area contributed by atoms with Crippen LogP contribution >= 0.6 is 0 Å². The van der Waals surface area contributed by atoms with E-state index < -0.39 is 5.92 Å². The number of fused-ring (bicyclic) bond motifs is 2. The van der Waals surface area contributed by atoms with Crippen molar-refractivity contribution in [3.8, 4) is 29.1 Å². The van der Waals surface area contributed by atoms with Crippen molar-refractivity contribution in [3.63, 3.8) is 0 Å². The second-order valence-corrected chi connectivity index (χ2v) is 9.43. The standard InChI is InChI=1S/C30H30N4O5/c1-16-12-23-27(30(35)34(16)11-10-19-17(2)33-22-9-7-6-8-20(19)22)26(21(15-31)29(32)39-23)18-13-24(36-3)28(38-5)25(14-18)37-4/h6-9,12-14,26,33H,10-11,32H2,1-5H3. The molecule has 9 nitrogen and oxygen atoms in total. The van der Waals surface area contributed by atoms with E-state index in [9.17, 15) is 10.1 Å². The zero-order valence-electron chi connectivity index (χ0n) is 22.5. The molecule has 4 aromatic rings. The number of hydrogen-bond donors (Lipinski definition) is 2. The Morgan fingerprint density at radius 1 is 1.08 bits per heavy atom. The van der Waals surface area contributed by atoms with E-state index >= 15 is 0 Å². The molecule has 9 heteroatoms. The average Bonchev–Trinajstić information content (AvgIpc) is 3.25. The molecule has 2 aromatic carbocycles. The highest BCUT2D eigenvalue weighted by Crippen LogP contribution is 2.46. The van der Waals surface area contributed by atoms with Crippen LogP contribution in [0.2, 0.25) is 0 Å². The molecule has 0 amide bonds. The van der Waals surface area contributed by atoms with Crippen LogP contribution in [0.15, 0.2) is 58.7 Å². The van der Waals surface area contributed by atoms with Crippen molar-refractivity contribution < 1.29 is 18.9 Å². The van der Waals surface area contributed by atoms with Gasteiger partial charge in [-0.2, -0.15) is 5.26 Å². The van der Waals surface area contributed by atoms with Gasteiger partial charge in [0.2, 0.25) is 11.6 Å². The van der Waals surface area contributed by atoms with Crippen molar-refractivity contribution in [1.29, 1.82) is 5.26 Å². The molecular weight excluding hydrogens is 496 g/mol. The van der Waals surface area contributed by atoms with Crippen molar-refractivity contribution in [2.24, 2.45) is 5.73 Å². The number of ether oxygens (including phenoxy) is 4. The number of methoxy groups -OCH3 is 3. The first kappa shape index (κ1) is 25.8. The lowest BCUT2D eigenvalue weighted by Crippen LogP contribution is -2.33.